The van der Waals surface area contributed by atoms with E-state index in [-0.39, 0.29) is 0 Å². The van der Waals surface area contributed by atoms with Gasteiger partial charge in [-0.15, -0.1) is 23.5 Å². The van der Waals surface area contributed by atoms with Gasteiger partial charge in [0.05, 0.1) is 4.58 Å². The summed E-state index contributed by atoms with van der Waals surface area (Å²) in [4.78, 5) is 0. The van der Waals surface area contributed by atoms with E-state index in [0.29, 0.717) is 4.58 Å². The molecule has 0 radical (unpaired) electrons. The van der Waals surface area contributed by atoms with Crippen LogP contribution in [0.4, 0.5) is 0 Å². The fourth-order valence-electron chi connectivity index (χ4n) is 1.72. The van der Waals surface area contributed by atoms with Crippen molar-refractivity contribution in [2.24, 2.45) is 11.8 Å². The van der Waals surface area contributed by atoms with Gasteiger partial charge >= 0.3 is 0 Å². The van der Waals surface area contributed by atoms with Gasteiger partial charge in [0.25, 0.3) is 0 Å². The van der Waals surface area contributed by atoms with Crippen LogP contribution in [0.2, 0.25) is 0 Å². The average Bonchev–Trinajstić information content (AvgIpc) is 2.30. The van der Waals surface area contributed by atoms with E-state index in [4.69, 9.17) is 0 Å². The maximum atomic E-state index is 3.48. The minimum Gasteiger partial charge on any atom is -0.142 e. The van der Waals surface area contributed by atoms with Crippen LogP contribution in [-0.2, 0) is 0 Å². The molecular formula is C13H17BrS2. The Kier molecular flexibility index (Phi) is 4.68. The zero-order valence-electron chi connectivity index (χ0n) is 9.65. The molecule has 1 fully saturated rings. The normalized spacial score (nSPS) is 26.0. The van der Waals surface area contributed by atoms with E-state index >= 15 is 0 Å². The lowest BCUT2D eigenvalue weighted by Crippen LogP contribution is -2.19. The number of hydrogen-bond acceptors (Lipinski definition) is 2. The van der Waals surface area contributed by atoms with Crippen LogP contribution in [0.1, 0.15) is 24.0 Å². The van der Waals surface area contributed by atoms with Crippen LogP contribution in [0.5, 0.6) is 0 Å². The molecule has 1 aromatic rings. The van der Waals surface area contributed by atoms with Gasteiger partial charge in [-0.25, -0.2) is 0 Å². The summed E-state index contributed by atoms with van der Waals surface area (Å²) in [7, 11) is 0. The summed E-state index contributed by atoms with van der Waals surface area (Å²) in [5.41, 5.74) is 1.46. The van der Waals surface area contributed by atoms with Crippen molar-refractivity contribution in [3.8, 4) is 0 Å². The monoisotopic (exact) mass is 316 g/mol. The molecule has 0 unspecified atom stereocenters. The molecule has 0 atom stereocenters. The van der Waals surface area contributed by atoms with Crippen molar-refractivity contribution >= 4 is 39.5 Å². The second kappa shape index (κ2) is 5.83. The van der Waals surface area contributed by atoms with Crippen molar-refractivity contribution in [1.82, 2.24) is 0 Å². The van der Waals surface area contributed by atoms with Gasteiger partial charge < -0.3 is 0 Å². The minimum atomic E-state index is 0.642. The van der Waals surface area contributed by atoms with Crippen LogP contribution < -0.4 is 0 Å². The number of hydrogen-bond donors (Lipinski definition) is 0. The summed E-state index contributed by atoms with van der Waals surface area (Å²) in [5.74, 6) is 4.34. The molecule has 16 heavy (non-hydrogen) atoms. The second-order valence-corrected chi connectivity index (χ2v) is 8.04. The van der Waals surface area contributed by atoms with Crippen molar-refractivity contribution < 1.29 is 0 Å². The van der Waals surface area contributed by atoms with E-state index in [2.05, 4.69) is 77.6 Å². The summed E-state index contributed by atoms with van der Waals surface area (Å²) in [6.07, 6.45) is 0. The SMILES string of the molecule is CC(C)[C@H]1CS[C@H](c2ccc(Br)cc2)SC1. The van der Waals surface area contributed by atoms with E-state index in [1.165, 1.54) is 21.5 Å². The Hall–Kier alpha value is 0.400. The summed E-state index contributed by atoms with van der Waals surface area (Å²) in [6, 6.07) is 8.77. The summed E-state index contributed by atoms with van der Waals surface area (Å²) in [5, 5.41) is 0. The molecule has 0 aliphatic carbocycles. The summed E-state index contributed by atoms with van der Waals surface area (Å²) in [6.45, 7) is 4.68. The highest BCUT2D eigenvalue weighted by molar-refractivity contribution is 9.10. The lowest BCUT2D eigenvalue weighted by Gasteiger charge is -2.30. The second-order valence-electron chi connectivity index (χ2n) is 4.55. The molecule has 1 aromatic carbocycles. The molecule has 0 aromatic heterocycles. The standard InChI is InChI=1S/C13H17BrS2/c1-9(2)11-7-15-13(16-8-11)10-3-5-12(14)6-4-10/h3-6,9,11,13H,7-8H2,1-2H3/t11-,13-. The Labute approximate surface area is 115 Å². The third-order valence-corrected chi connectivity index (χ3v) is 6.74. The molecule has 1 heterocycles. The Morgan fingerprint density at radius 3 is 2.19 bits per heavy atom. The van der Waals surface area contributed by atoms with Gasteiger partial charge in [0.1, 0.15) is 0 Å². The first-order valence-electron chi connectivity index (χ1n) is 5.65. The quantitative estimate of drug-likeness (QED) is 0.735. The molecule has 0 spiro atoms. The highest BCUT2D eigenvalue weighted by atomic mass is 79.9. The van der Waals surface area contributed by atoms with E-state index in [1.54, 1.807) is 0 Å². The van der Waals surface area contributed by atoms with Crippen LogP contribution in [0.25, 0.3) is 0 Å². The van der Waals surface area contributed by atoms with E-state index in [0.717, 1.165) is 11.8 Å². The molecule has 3 heteroatoms. The van der Waals surface area contributed by atoms with Gasteiger partial charge in [0.15, 0.2) is 0 Å². The molecule has 0 N–H and O–H groups in total. The molecule has 0 nitrogen and oxygen atoms in total. The zero-order valence-corrected chi connectivity index (χ0v) is 12.9. The maximum absolute atomic E-state index is 3.48. The largest absolute Gasteiger partial charge is 0.142 e. The molecule has 0 saturated carbocycles. The van der Waals surface area contributed by atoms with E-state index < -0.39 is 0 Å². The number of benzene rings is 1. The van der Waals surface area contributed by atoms with Gasteiger partial charge in [0, 0.05) is 4.47 Å². The first kappa shape index (κ1) is 12.8. The van der Waals surface area contributed by atoms with Crippen molar-refractivity contribution in [2.45, 2.75) is 18.4 Å². The van der Waals surface area contributed by atoms with Crippen LogP contribution in [-0.4, -0.2) is 11.5 Å². The number of rotatable bonds is 2. The summed E-state index contributed by atoms with van der Waals surface area (Å²) >= 11 is 7.70. The highest BCUT2D eigenvalue weighted by Crippen LogP contribution is 2.46. The zero-order chi connectivity index (χ0) is 11.5. The topological polar surface area (TPSA) is 0 Å². The third-order valence-electron chi connectivity index (χ3n) is 3.01. The molecule has 0 bridgehead atoms. The smallest absolute Gasteiger partial charge is 0.0751 e. The third kappa shape index (κ3) is 3.21. The Balaban J connectivity index is 1.96. The lowest BCUT2D eigenvalue weighted by atomic mass is 10.0. The Morgan fingerprint density at radius 1 is 1.12 bits per heavy atom. The molecule has 88 valence electrons. The Bertz CT molecular complexity index is 326. The fourth-order valence-corrected chi connectivity index (χ4v) is 5.53. The van der Waals surface area contributed by atoms with E-state index in [9.17, 15) is 0 Å². The van der Waals surface area contributed by atoms with Gasteiger partial charge in [-0.1, -0.05) is 41.9 Å². The van der Waals surface area contributed by atoms with Crippen molar-refractivity contribution in [3.63, 3.8) is 0 Å². The van der Waals surface area contributed by atoms with Crippen molar-refractivity contribution in [3.05, 3.63) is 34.3 Å². The average molecular weight is 317 g/mol. The highest BCUT2D eigenvalue weighted by Gasteiger charge is 2.24. The molecule has 2 rings (SSSR count). The maximum Gasteiger partial charge on any atom is 0.0751 e. The van der Waals surface area contributed by atoms with E-state index in [1.807, 2.05) is 0 Å². The Morgan fingerprint density at radius 2 is 1.69 bits per heavy atom. The fraction of sp³-hybridized carbons (Fsp3) is 0.538. The molecular weight excluding hydrogens is 300 g/mol. The van der Waals surface area contributed by atoms with Gasteiger partial charge in [0.2, 0.25) is 0 Å². The molecule has 0 amide bonds. The molecule has 1 aliphatic rings. The van der Waals surface area contributed by atoms with Gasteiger partial charge in [-0.3, -0.25) is 0 Å². The predicted octanol–water partition coefficient (Wildman–Crippen LogP) is 5.20. The molecule has 1 saturated heterocycles. The van der Waals surface area contributed by atoms with Crippen LogP contribution in [0.15, 0.2) is 28.7 Å². The van der Waals surface area contributed by atoms with Gasteiger partial charge in [-0.05, 0) is 41.0 Å². The predicted molar refractivity (Wildman–Crippen MR) is 80.1 cm³/mol. The van der Waals surface area contributed by atoms with Crippen molar-refractivity contribution in [1.29, 1.82) is 0 Å². The first-order valence-corrected chi connectivity index (χ1v) is 8.54. The van der Waals surface area contributed by atoms with Crippen LogP contribution in [0, 0.1) is 11.8 Å². The number of halogens is 1. The van der Waals surface area contributed by atoms with Crippen molar-refractivity contribution in [2.75, 3.05) is 11.5 Å². The minimum absolute atomic E-state index is 0.642. The van der Waals surface area contributed by atoms with Crippen LogP contribution in [0.3, 0.4) is 0 Å². The number of thioether (sulfide) groups is 2. The summed E-state index contributed by atoms with van der Waals surface area (Å²) < 4.78 is 1.81. The van der Waals surface area contributed by atoms with Gasteiger partial charge in [-0.2, -0.15) is 0 Å². The lowest BCUT2D eigenvalue weighted by molar-refractivity contribution is 0.470. The first-order chi connectivity index (χ1) is 7.66. The van der Waals surface area contributed by atoms with Crippen LogP contribution >= 0.6 is 39.5 Å². The molecule has 1 aliphatic heterocycles.